The molecule has 8 heteroatoms. The van der Waals surface area contributed by atoms with Crippen molar-refractivity contribution in [1.29, 1.82) is 0 Å². The molecule has 0 spiro atoms. The van der Waals surface area contributed by atoms with Gasteiger partial charge in [0.2, 0.25) is 5.91 Å². The first-order chi connectivity index (χ1) is 10.3. The molecular formula is C14H23NO6S. The maximum absolute atomic E-state index is 12.2. The molecule has 1 aliphatic heterocycles. The van der Waals surface area contributed by atoms with E-state index < -0.39 is 38.3 Å². The molecule has 126 valence electrons. The van der Waals surface area contributed by atoms with Gasteiger partial charge in [-0.3, -0.25) is 9.59 Å². The number of nitrogens with one attached hydrogen (secondary N) is 1. The summed E-state index contributed by atoms with van der Waals surface area (Å²) in [6, 6.07) is 0. The first-order valence-corrected chi connectivity index (χ1v) is 9.37. The molecule has 0 bridgehead atoms. The SMILES string of the molecule is O=C(O)CC1(NC(=O)CS(=O)(=O)C2CCCC2)CCOCC1. The molecule has 1 saturated heterocycles. The van der Waals surface area contributed by atoms with Crippen molar-refractivity contribution in [1.82, 2.24) is 5.32 Å². The summed E-state index contributed by atoms with van der Waals surface area (Å²) in [6.07, 6.45) is 3.54. The van der Waals surface area contributed by atoms with Crippen molar-refractivity contribution in [3.63, 3.8) is 0 Å². The first kappa shape index (κ1) is 17.2. The minimum Gasteiger partial charge on any atom is -0.481 e. The molecule has 0 aromatic rings. The molecule has 0 atom stereocenters. The van der Waals surface area contributed by atoms with Crippen molar-refractivity contribution in [3.8, 4) is 0 Å². The molecule has 0 unspecified atom stereocenters. The largest absolute Gasteiger partial charge is 0.481 e. The van der Waals surface area contributed by atoms with E-state index in [0.29, 0.717) is 38.9 Å². The highest BCUT2D eigenvalue weighted by atomic mass is 32.2. The van der Waals surface area contributed by atoms with Crippen LogP contribution in [-0.2, 0) is 24.2 Å². The lowest BCUT2D eigenvalue weighted by atomic mass is 9.86. The van der Waals surface area contributed by atoms with Crippen molar-refractivity contribution in [2.75, 3.05) is 19.0 Å². The number of rotatable bonds is 6. The van der Waals surface area contributed by atoms with Crippen LogP contribution in [0.5, 0.6) is 0 Å². The molecule has 22 heavy (non-hydrogen) atoms. The average molecular weight is 333 g/mol. The predicted molar refractivity (Wildman–Crippen MR) is 79.2 cm³/mol. The number of carboxylic acids is 1. The highest BCUT2D eigenvalue weighted by molar-refractivity contribution is 7.92. The molecule has 2 rings (SSSR count). The summed E-state index contributed by atoms with van der Waals surface area (Å²) in [5, 5.41) is 11.3. The monoisotopic (exact) mass is 333 g/mol. The Kier molecular flexibility index (Phi) is 5.44. The Labute approximate surface area is 130 Å². The number of ether oxygens (including phenoxy) is 1. The van der Waals surface area contributed by atoms with E-state index >= 15 is 0 Å². The maximum Gasteiger partial charge on any atom is 0.305 e. The van der Waals surface area contributed by atoms with Gasteiger partial charge in [0.05, 0.1) is 17.2 Å². The number of hydrogen-bond donors (Lipinski definition) is 2. The van der Waals surface area contributed by atoms with Crippen LogP contribution in [0.2, 0.25) is 0 Å². The zero-order valence-corrected chi connectivity index (χ0v) is 13.4. The van der Waals surface area contributed by atoms with Gasteiger partial charge in [0, 0.05) is 13.2 Å². The van der Waals surface area contributed by atoms with E-state index in [4.69, 9.17) is 9.84 Å². The van der Waals surface area contributed by atoms with Crippen molar-refractivity contribution >= 4 is 21.7 Å². The van der Waals surface area contributed by atoms with Gasteiger partial charge in [0.25, 0.3) is 0 Å². The molecule has 1 amide bonds. The second-order valence-corrected chi connectivity index (χ2v) is 8.51. The molecular weight excluding hydrogens is 310 g/mol. The molecule has 1 heterocycles. The van der Waals surface area contributed by atoms with Gasteiger partial charge < -0.3 is 15.2 Å². The fourth-order valence-corrected chi connectivity index (χ4v) is 5.00. The lowest BCUT2D eigenvalue weighted by Crippen LogP contribution is -2.54. The third kappa shape index (κ3) is 4.42. The van der Waals surface area contributed by atoms with Gasteiger partial charge in [-0.2, -0.15) is 0 Å². The summed E-state index contributed by atoms with van der Waals surface area (Å²) >= 11 is 0. The Bertz CT molecular complexity index is 517. The maximum atomic E-state index is 12.2. The van der Waals surface area contributed by atoms with Crippen molar-refractivity contribution in [3.05, 3.63) is 0 Å². The minimum atomic E-state index is -3.46. The standard InChI is InChI=1S/C14H23NO6S/c16-12(10-22(19,20)11-3-1-2-4-11)15-14(9-13(17)18)5-7-21-8-6-14/h11H,1-10H2,(H,15,16)(H,17,18). The Hall–Kier alpha value is -1.15. The smallest absolute Gasteiger partial charge is 0.305 e. The second-order valence-electron chi connectivity index (χ2n) is 6.23. The van der Waals surface area contributed by atoms with Crippen molar-refractivity contribution in [2.45, 2.75) is 55.7 Å². The average Bonchev–Trinajstić information content (AvgIpc) is 2.92. The van der Waals surface area contributed by atoms with Gasteiger partial charge in [0.1, 0.15) is 5.75 Å². The minimum absolute atomic E-state index is 0.217. The molecule has 2 N–H and O–H groups in total. The van der Waals surface area contributed by atoms with Crippen LogP contribution in [0.4, 0.5) is 0 Å². The third-order valence-electron chi connectivity index (χ3n) is 4.49. The first-order valence-electron chi connectivity index (χ1n) is 7.65. The zero-order chi connectivity index (χ0) is 16.2. The number of carbonyl (C=O) groups excluding carboxylic acids is 1. The number of amides is 1. The van der Waals surface area contributed by atoms with E-state index in [9.17, 15) is 18.0 Å². The van der Waals surface area contributed by atoms with Gasteiger partial charge in [-0.25, -0.2) is 8.42 Å². The van der Waals surface area contributed by atoms with E-state index in [0.717, 1.165) is 12.8 Å². The lowest BCUT2D eigenvalue weighted by molar-refractivity contribution is -0.140. The molecule has 0 aromatic carbocycles. The molecule has 1 saturated carbocycles. The number of sulfone groups is 1. The van der Waals surface area contributed by atoms with Gasteiger partial charge in [0.15, 0.2) is 9.84 Å². The second kappa shape index (κ2) is 6.95. The fraction of sp³-hybridized carbons (Fsp3) is 0.857. The van der Waals surface area contributed by atoms with Crippen LogP contribution in [0.15, 0.2) is 0 Å². The highest BCUT2D eigenvalue weighted by Gasteiger charge is 2.38. The van der Waals surface area contributed by atoms with Gasteiger partial charge in [-0.15, -0.1) is 0 Å². The Balaban J connectivity index is 2.00. The number of carbonyl (C=O) groups is 2. The normalized spacial score (nSPS) is 22.4. The molecule has 0 radical (unpaired) electrons. The zero-order valence-electron chi connectivity index (χ0n) is 12.5. The summed E-state index contributed by atoms with van der Waals surface area (Å²) < 4.78 is 29.6. The molecule has 1 aliphatic carbocycles. The highest BCUT2D eigenvalue weighted by Crippen LogP contribution is 2.27. The lowest BCUT2D eigenvalue weighted by Gasteiger charge is -2.36. The Morgan fingerprint density at radius 1 is 1.18 bits per heavy atom. The third-order valence-corrected chi connectivity index (χ3v) is 6.64. The van der Waals surface area contributed by atoms with Crippen LogP contribution < -0.4 is 5.32 Å². The van der Waals surface area contributed by atoms with Gasteiger partial charge in [-0.05, 0) is 25.7 Å². The van der Waals surface area contributed by atoms with Crippen LogP contribution in [0, 0.1) is 0 Å². The van der Waals surface area contributed by atoms with Crippen LogP contribution in [0.25, 0.3) is 0 Å². The Morgan fingerprint density at radius 2 is 1.77 bits per heavy atom. The molecule has 2 fully saturated rings. The van der Waals surface area contributed by atoms with E-state index in [2.05, 4.69) is 5.32 Å². The van der Waals surface area contributed by atoms with E-state index in [1.807, 2.05) is 0 Å². The van der Waals surface area contributed by atoms with E-state index in [1.54, 1.807) is 0 Å². The molecule has 0 aromatic heterocycles. The van der Waals surface area contributed by atoms with E-state index in [1.165, 1.54) is 0 Å². The molecule has 7 nitrogen and oxygen atoms in total. The number of carboxylic acid groups (broad SMARTS) is 1. The van der Waals surface area contributed by atoms with Crippen molar-refractivity contribution < 1.29 is 27.9 Å². The van der Waals surface area contributed by atoms with Crippen molar-refractivity contribution in [2.24, 2.45) is 0 Å². The Morgan fingerprint density at radius 3 is 2.32 bits per heavy atom. The predicted octanol–water partition coefficient (Wildman–Crippen LogP) is 0.484. The number of hydrogen-bond acceptors (Lipinski definition) is 5. The number of aliphatic carboxylic acids is 1. The quantitative estimate of drug-likeness (QED) is 0.732. The molecule has 2 aliphatic rings. The topological polar surface area (TPSA) is 110 Å². The van der Waals surface area contributed by atoms with E-state index in [-0.39, 0.29) is 6.42 Å². The fourth-order valence-electron chi connectivity index (χ4n) is 3.28. The van der Waals surface area contributed by atoms with Crippen LogP contribution in [-0.4, -0.2) is 55.2 Å². The summed E-state index contributed by atoms with van der Waals surface area (Å²) in [6.45, 7) is 0.728. The summed E-state index contributed by atoms with van der Waals surface area (Å²) in [7, 11) is -3.46. The van der Waals surface area contributed by atoms with Crippen LogP contribution in [0.3, 0.4) is 0 Å². The van der Waals surface area contributed by atoms with Gasteiger partial charge >= 0.3 is 5.97 Å². The van der Waals surface area contributed by atoms with Crippen LogP contribution >= 0.6 is 0 Å². The summed E-state index contributed by atoms with van der Waals surface area (Å²) in [4.78, 5) is 23.2. The summed E-state index contributed by atoms with van der Waals surface area (Å²) in [5.41, 5.74) is -0.896. The van der Waals surface area contributed by atoms with Crippen LogP contribution in [0.1, 0.15) is 44.9 Å². The summed E-state index contributed by atoms with van der Waals surface area (Å²) in [5.74, 6) is -2.17. The van der Waals surface area contributed by atoms with Gasteiger partial charge in [-0.1, -0.05) is 12.8 Å².